The molecule has 6 nitrogen and oxygen atoms in total. The molecule has 2 heterocycles. The third-order valence-corrected chi connectivity index (χ3v) is 5.35. The molecule has 0 N–H and O–H groups in total. The summed E-state index contributed by atoms with van der Waals surface area (Å²) in [4.78, 5) is 14.8. The predicted octanol–water partition coefficient (Wildman–Crippen LogP) is 4.08. The zero-order chi connectivity index (χ0) is 19.0. The molecule has 0 spiro atoms. The highest BCUT2D eigenvalue weighted by Gasteiger charge is 2.27. The number of nitrogens with zero attached hydrogens (tertiary/aromatic N) is 4. The Labute approximate surface area is 166 Å². The highest BCUT2D eigenvalue weighted by atomic mass is 79.9. The van der Waals surface area contributed by atoms with Crippen LogP contribution < -0.4 is 0 Å². The van der Waals surface area contributed by atoms with Gasteiger partial charge in [-0.15, -0.1) is 0 Å². The van der Waals surface area contributed by atoms with Gasteiger partial charge in [-0.25, -0.2) is 4.68 Å². The SMILES string of the molecule is Cc1cc(CN(C)C(=O)c2nn(-c3cccc(Br)c3)c3c2CCCC3)no1. The van der Waals surface area contributed by atoms with Crippen molar-refractivity contribution in [3.8, 4) is 5.69 Å². The van der Waals surface area contributed by atoms with Crippen LogP contribution in [0.4, 0.5) is 0 Å². The van der Waals surface area contributed by atoms with Gasteiger partial charge in [0, 0.05) is 28.8 Å². The molecule has 3 aromatic rings. The molecule has 0 bridgehead atoms. The van der Waals surface area contributed by atoms with E-state index in [-0.39, 0.29) is 5.91 Å². The maximum Gasteiger partial charge on any atom is 0.274 e. The van der Waals surface area contributed by atoms with E-state index in [4.69, 9.17) is 9.62 Å². The number of carbonyl (C=O) groups is 1. The lowest BCUT2D eigenvalue weighted by Crippen LogP contribution is -2.28. The molecule has 7 heteroatoms. The molecule has 27 heavy (non-hydrogen) atoms. The van der Waals surface area contributed by atoms with E-state index in [1.54, 1.807) is 11.9 Å². The van der Waals surface area contributed by atoms with E-state index in [1.807, 2.05) is 41.9 Å². The van der Waals surface area contributed by atoms with Crippen LogP contribution in [0.15, 0.2) is 39.3 Å². The average Bonchev–Trinajstić information content (AvgIpc) is 3.24. The largest absolute Gasteiger partial charge is 0.361 e. The summed E-state index contributed by atoms with van der Waals surface area (Å²) in [5.41, 5.74) is 4.48. The number of aryl methyl sites for hydroxylation is 1. The van der Waals surface area contributed by atoms with E-state index < -0.39 is 0 Å². The van der Waals surface area contributed by atoms with E-state index in [2.05, 4.69) is 21.1 Å². The fourth-order valence-corrected chi connectivity index (χ4v) is 3.97. The second kappa shape index (κ2) is 7.31. The Hall–Kier alpha value is -2.41. The Kier molecular flexibility index (Phi) is 4.86. The van der Waals surface area contributed by atoms with Gasteiger partial charge in [-0.05, 0) is 50.8 Å². The average molecular weight is 429 g/mol. The third kappa shape index (κ3) is 3.56. The highest BCUT2D eigenvalue weighted by Crippen LogP contribution is 2.28. The third-order valence-electron chi connectivity index (χ3n) is 4.86. The molecule has 0 unspecified atom stereocenters. The Bertz CT molecular complexity index is 992. The van der Waals surface area contributed by atoms with Gasteiger partial charge in [-0.1, -0.05) is 27.2 Å². The zero-order valence-electron chi connectivity index (χ0n) is 15.4. The van der Waals surface area contributed by atoms with Crippen molar-refractivity contribution >= 4 is 21.8 Å². The Morgan fingerprint density at radius 2 is 2.11 bits per heavy atom. The quantitative estimate of drug-likeness (QED) is 0.627. The molecule has 0 aliphatic heterocycles. The van der Waals surface area contributed by atoms with Crippen molar-refractivity contribution in [2.75, 3.05) is 7.05 Å². The monoisotopic (exact) mass is 428 g/mol. The first-order chi connectivity index (χ1) is 13.0. The van der Waals surface area contributed by atoms with Crippen LogP contribution in [-0.4, -0.2) is 32.8 Å². The van der Waals surface area contributed by atoms with Crippen LogP contribution in [0.5, 0.6) is 0 Å². The highest BCUT2D eigenvalue weighted by molar-refractivity contribution is 9.10. The van der Waals surface area contributed by atoms with Gasteiger partial charge < -0.3 is 9.42 Å². The standard InChI is InChI=1S/C20H21BrN4O2/c1-13-10-15(23-27-13)12-24(2)20(26)19-17-8-3-4-9-18(17)25(22-19)16-7-5-6-14(21)11-16/h5-7,10-11H,3-4,8-9,12H2,1-2H3. The van der Waals surface area contributed by atoms with E-state index in [1.165, 1.54) is 0 Å². The number of amides is 1. The first-order valence-corrected chi connectivity index (χ1v) is 9.86. The molecule has 1 aromatic carbocycles. The molecule has 2 aromatic heterocycles. The summed E-state index contributed by atoms with van der Waals surface area (Å²) in [6.07, 6.45) is 4.04. The van der Waals surface area contributed by atoms with Crippen LogP contribution in [0, 0.1) is 6.92 Å². The van der Waals surface area contributed by atoms with E-state index in [9.17, 15) is 4.79 Å². The van der Waals surface area contributed by atoms with Crippen LogP contribution in [0.3, 0.4) is 0 Å². The number of hydrogen-bond acceptors (Lipinski definition) is 4. The fraction of sp³-hybridized carbons (Fsp3) is 0.350. The second-order valence-electron chi connectivity index (χ2n) is 6.96. The lowest BCUT2D eigenvalue weighted by atomic mass is 9.95. The number of halogens is 1. The molecular formula is C20H21BrN4O2. The first kappa shape index (κ1) is 18.0. The summed E-state index contributed by atoms with van der Waals surface area (Å²) in [6.45, 7) is 2.24. The van der Waals surface area contributed by atoms with Crippen molar-refractivity contribution < 1.29 is 9.32 Å². The number of hydrogen-bond donors (Lipinski definition) is 0. The summed E-state index contributed by atoms with van der Waals surface area (Å²) in [6, 6.07) is 9.86. The minimum Gasteiger partial charge on any atom is -0.361 e. The smallest absolute Gasteiger partial charge is 0.274 e. The van der Waals surface area contributed by atoms with Gasteiger partial charge in [-0.2, -0.15) is 5.10 Å². The van der Waals surface area contributed by atoms with Crippen molar-refractivity contribution in [3.05, 3.63) is 63.2 Å². The molecule has 1 amide bonds. The normalized spacial score (nSPS) is 13.4. The molecule has 0 saturated heterocycles. The molecule has 4 rings (SSSR count). The Balaban J connectivity index is 1.69. The van der Waals surface area contributed by atoms with Crippen LogP contribution in [0.1, 0.15) is 46.0 Å². The van der Waals surface area contributed by atoms with E-state index >= 15 is 0 Å². The molecule has 140 valence electrons. The summed E-state index contributed by atoms with van der Waals surface area (Å²) >= 11 is 3.52. The van der Waals surface area contributed by atoms with Crippen molar-refractivity contribution in [2.45, 2.75) is 39.2 Å². The molecule has 0 radical (unpaired) electrons. The van der Waals surface area contributed by atoms with Crippen molar-refractivity contribution in [1.82, 2.24) is 19.8 Å². The summed E-state index contributed by atoms with van der Waals surface area (Å²) in [5, 5.41) is 8.71. The van der Waals surface area contributed by atoms with Crippen LogP contribution in [-0.2, 0) is 19.4 Å². The van der Waals surface area contributed by atoms with Gasteiger partial charge in [0.25, 0.3) is 5.91 Å². The first-order valence-electron chi connectivity index (χ1n) is 9.07. The molecule has 0 fully saturated rings. The topological polar surface area (TPSA) is 64.2 Å². The fourth-order valence-electron chi connectivity index (χ4n) is 3.58. The van der Waals surface area contributed by atoms with Gasteiger partial charge in [0.1, 0.15) is 11.5 Å². The Morgan fingerprint density at radius 1 is 1.30 bits per heavy atom. The van der Waals surface area contributed by atoms with Gasteiger partial charge >= 0.3 is 0 Å². The van der Waals surface area contributed by atoms with Crippen molar-refractivity contribution in [2.24, 2.45) is 0 Å². The Morgan fingerprint density at radius 3 is 2.85 bits per heavy atom. The maximum atomic E-state index is 13.1. The molecule has 0 saturated carbocycles. The lowest BCUT2D eigenvalue weighted by molar-refractivity contribution is 0.0774. The molecular weight excluding hydrogens is 408 g/mol. The van der Waals surface area contributed by atoms with E-state index in [0.717, 1.165) is 58.6 Å². The number of aromatic nitrogens is 3. The van der Waals surface area contributed by atoms with E-state index in [0.29, 0.717) is 12.2 Å². The maximum absolute atomic E-state index is 13.1. The molecule has 0 atom stereocenters. The van der Waals surface area contributed by atoms with Gasteiger partial charge in [-0.3, -0.25) is 4.79 Å². The van der Waals surface area contributed by atoms with Crippen molar-refractivity contribution in [1.29, 1.82) is 0 Å². The predicted molar refractivity (Wildman–Crippen MR) is 105 cm³/mol. The van der Waals surface area contributed by atoms with Crippen LogP contribution in [0.25, 0.3) is 5.69 Å². The van der Waals surface area contributed by atoms with Crippen molar-refractivity contribution in [3.63, 3.8) is 0 Å². The van der Waals surface area contributed by atoms with Gasteiger partial charge in [0.15, 0.2) is 5.69 Å². The number of benzene rings is 1. The lowest BCUT2D eigenvalue weighted by Gasteiger charge is -2.16. The van der Waals surface area contributed by atoms with Crippen LogP contribution >= 0.6 is 15.9 Å². The molecule has 1 aliphatic rings. The summed E-state index contributed by atoms with van der Waals surface area (Å²) in [7, 11) is 1.78. The minimum absolute atomic E-state index is 0.0810. The summed E-state index contributed by atoms with van der Waals surface area (Å²) in [5.74, 6) is 0.657. The summed E-state index contributed by atoms with van der Waals surface area (Å²) < 4.78 is 8.03. The number of carbonyl (C=O) groups excluding carboxylic acids is 1. The number of fused-ring (bicyclic) bond motifs is 1. The molecule has 1 aliphatic carbocycles. The van der Waals surface area contributed by atoms with Gasteiger partial charge in [0.05, 0.1) is 12.2 Å². The number of rotatable bonds is 4. The van der Waals surface area contributed by atoms with Crippen LogP contribution in [0.2, 0.25) is 0 Å². The van der Waals surface area contributed by atoms with Gasteiger partial charge in [0.2, 0.25) is 0 Å². The minimum atomic E-state index is -0.0810. The second-order valence-corrected chi connectivity index (χ2v) is 7.88. The zero-order valence-corrected chi connectivity index (χ0v) is 17.0.